The van der Waals surface area contributed by atoms with Gasteiger partial charge in [0.2, 0.25) is 0 Å². The third kappa shape index (κ3) is 5.06. The van der Waals surface area contributed by atoms with Crippen molar-refractivity contribution < 1.29 is 0 Å². The van der Waals surface area contributed by atoms with Crippen LogP contribution in [0.2, 0.25) is 0 Å². The number of nitrogens with zero attached hydrogens (tertiary/aromatic N) is 2. The van der Waals surface area contributed by atoms with Crippen LogP contribution in [0.25, 0.3) is 0 Å². The van der Waals surface area contributed by atoms with Gasteiger partial charge in [0.25, 0.3) is 0 Å². The summed E-state index contributed by atoms with van der Waals surface area (Å²) in [7, 11) is 0. The molecule has 0 amide bonds. The molecule has 1 fully saturated rings. The lowest BCUT2D eigenvalue weighted by Gasteiger charge is -2.15. The first-order chi connectivity index (χ1) is 10.2. The van der Waals surface area contributed by atoms with Crippen molar-refractivity contribution in [3.05, 3.63) is 11.9 Å². The third-order valence-electron chi connectivity index (χ3n) is 3.87. The molecule has 2 N–H and O–H groups in total. The van der Waals surface area contributed by atoms with E-state index in [4.69, 9.17) is 0 Å². The van der Waals surface area contributed by atoms with Gasteiger partial charge in [0.15, 0.2) is 0 Å². The van der Waals surface area contributed by atoms with E-state index < -0.39 is 0 Å². The maximum atomic E-state index is 4.68. The number of anilines is 2. The molecule has 21 heavy (non-hydrogen) atoms. The molecule has 1 aromatic rings. The largest absolute Gasteiger partial charge is 0.370 e. The van der Waals surface area contributed by atoms with Crippen molar-refractivity contribution in [3.63, 3.8) is 0 Å². The van der Waals surface area contributed by atoms with Crippen LogP contribution in [0.15, 0.2) is 6.07 Å². The molecule has 1 saturated carbocycles. The zero-order chi connectivity index (χ0) is 15.1. The SMILES string of the molecule is CCCNc1cc(NC2CCC(SC)C2)nc(CCC)n1. The molecule has 1 heterocycles. The zero-order valence-corrected chi connectivity index (χ0v) is 14.3. The van der Waals surface area contributed by atoms with Crippen molar-refractivity contribution in [1.82, 2.24) is 9.97 Å². The Morgan fingerprint density at radius 3 is 2.67 bits per heavy atom. The van der Waals surface area contributed by atoms with Gasteiger partial charge in [-0.15, -0.1) is 0 Å². The predicted octanol–water partition coefficient (Wildman–Crippen LogP) is 3.95. The summed E-state index contributed by atoms with van der Waals surface area (Å²) in [6.07, 6.45) is 9.13. The fraction of sp³-hybridized carbons (Fsp3) is 0.750. The smallest absolute Gasteiger partial charge is 0.133 e. The van der Waals surface area contributed by atoms with E-state index in [9.17, 15) is 0 Å². The van der Waals surface area contributed by atoms with Crippen LogP contribution < -0.4 is 10.6 Å². The minimum absolute atomic E-state index is 0.561. The predicted molar refractivity (Wildman–Crippen MR) is 93.4 cm³/mol. The molecule has 1 aromatic heterocycles. The molecule has 2 atom stereocenters. The maximum Gasteiger partial charge on any atom is 0.133 e. The van der Waals surface area contributed by atoms with Crippen molar-refractivity contribution in [2.45, 2.75) is 63.7 Å². The molecular weight excluding hydrogens is 280 g/mol. The zero-order valence-electron chi connectivity index (χ0n) is 13.5. The molecule has 2 rings (SSSR count). The van der Waals surface area contributed by atoms with Crippen LogP contribution in [0.4, 0.5) is 11.6 Å². The fourth-order valence-corrected chi connectivity index (χ4v) is 3.54. The molecule has 1 aliphatic carbocycles. The minimum atomic E-state index is 0.561. The lowest BCUT2D eigenvalue weighted by molar-refractivity contribution is 0.745. The second-order valence-corrected chi connectivity index (χ2v) is 6.88. The van der Waals surface area contributed by atoms with Gasteiger partial charge in [-0.2, -0.15) is 11.8 Å². The number of aryl methyl sites for hydroxylation is 1. The highest BCUT2D eigenvalue weighted by molar-refractivity contribution is 7.99. The number of thioether (sulfide) groups is 1. The van der Waals surface area contributed by atoms with Crippen LogP contribution in [0.1, 0.15) is 51.8 Å². The number of rotatable bonds is 8. The Bertz CT molecular complexity index is 438. The quantitative estimate of drug-likeness (QED) is 0.761. The number of aromatic nitrogens is 2. The van der Waals surface area contributed by atoms with Crippen molar-refractivity contribution >= 4 is 23.4 Å². The average molecular weight is 308 g/mol. The first-order valence-corrected chi connectivity index (χ1v) is 9.45. The van der Waals surface area contributed by atoms with Crippen LogP contribution in [-0.2, 0) is 6.42 Å². The number of hydrogen-bond donors (Lipinski definition) is 2. The fourth-order valence-electron chi connectivity index (χ4n) is 2.74. The maximum absolute atomic E-state index is 4.68. The van der Waals surface area contributed by atoms with Crippen LogP contribution in [-0.4, -0.2) is 34.1 Å². The van der Waals surface area contributed by atoms with Crippen molar-refractivity contribution in [1.29, 1.82) is 0 Å². The summed E-state index contributed by atoms with van der Waals surface area (Å²) < 4.78 is 0. The van der Waals surface area contributed by atoms with Crippen LogP contribution in [0.3, 0.4) is 0 Å². The minimum Gasteiger partial charge on any atom is -0.370 e. The highest BCUT2D eigenvalue weighted by Gasteiger charge is 2.24. The molecule has 0 saturated heterocycles. The highest BCUT2D eigenvalue weighted by atomic mass is 32.2. The third-order valence-corrected chi connectivity index (χ3v) is 4.97. The lowest BCUT2D eigenvalue weighted by atomic mass is 10.2. The van der Waals surface area contributed by atoms with E-state index in [1.165, 1.54) is 19.3 Å². The van der Waals surface area contributed by atoms with Crippen molar-refractivity contribution in [2.75, 3.05) is 23.4 Å². The molecule has 0 aromatic carbocycles. The monoisotopic (exact) mass is 308 g/mol. The van der Waals surface area contributed by atoms with Gasteiger partial charge in [-0.3, -0.25) is 0 Å². The summed E-state index contributed by atoms with van der Waals surface area (Å²) in [5.74, 6) is 2.89. The molecule has 118 valence electrons. The van der Waals surface area contributed by atoms with Gasteiger partial charge in [0.1, 0.15) is 17.5 Å². The first-order valence-electron chi connectivity index (χ1n) is 8.16. The van der Waals surface area contributed by atoms with Gasteiger partial charge in [-0.1, -0.05) is 13.8 Å². The van der Waals surface area contributed by atoms with E-state index in [-0.39, 0.29) is 0 Å². The molecule has 0 radical (unpaired) electrons. The standard InChI is InChI=1S/C16H28N4S/c1-4-6-14-19-15(17-9-5-2)11-16(20-14)18-12-7-8-13(10-12)21-3/h11-13H,4-10H2,1-3H3,(H2,17,18,19,20). The van der Waals surface area contributed by atoms with Gasteiger partial charge < -0.3 is 10.6 Å². The molecule has 1 aliphatic rings. The molecule has 5 heteroatoms. The van der Waals surface area contributed by atoms with E-state index in [0.29, 0.717) is 6.04 Å². The first kappa shape index (κ1) is 16.4. The van der Waals surface area contributed by atoms with E-state index in [1.807, 2.05) is 11.8 Å². The van der Waals surface area contributed by atoms with Crippen LogP contribution in [0, 0.1) is 0 Å². The Morgan fingerprint density at radius 2 is 2.00 bits per heavy atom. The Morgan fingerprint density at radius 1 is 1.19 bits per heavy atom. The molecule has 0 spiro atoms. The molecule has 2 unspecified atom stereocenters. The summed E-state index contributed by atoms with van der Waals surface area (Å²) in [6.45, 7) is 5.30. The average Bonchev–Trinajstić information content (AvgIpc) is 2.93. The Kier molecular flexibility index (Phi) is 6.61. The second kappa shape index (κ2) is 8.47. The Labute approximate surface area is 132 Å². The second-order valence-electron chi connectivity index (χ2n) is 5.74. The van der Waals surface area contributed by atoms with Crippen LogP contribution in [0.5, 0.6) is 0 Å². The van der Waals surface area contributed by atoms with Gasteiger partial charge in [0.05, 0.1) is 0 Å². The van der Waals surface area contributed by atoms with Crippen LogP contribution >= 0.6 is 11.8 Å². The summed E-state index contributed by atoms with van der Waals surface area (Å²) in [6, 6.07) is 2.62. The van der Waals surface area contributed by atoms with E-state index in [1.54, 1.807) is 0 Å². The van der Waals surface area contributed by atoms with Gasteiger partial charge in [0, 0.05) is 30.3 Å². The van der Waals surface area contributed by atoms with E-state index >= 15 is 0 Å². The highest BCUT2D eigenvalue weighted by Crippen LogP contribution is 2.30. The summed E-state index contributed by atoms with van der Waals surface area (Å²) >= 11 is 1.99. The topological polar surface area (TPSA) is 49.8 Å². The molecule has 4 nitrogen and oxygen atoms in total. The number of nitrogens with one attached hydrogen (secondary N) is 2. The molecule has 0 aliphatic heterocycles. The normalized spacial score (nSPS) is 21.5. The summed E-state index contributed by atoms with van der Waals surface area (Å²) in [5, 5.41) is 7.80. The number of hydrogen-bond acceptors (Lipinski definition) is 5. The van der Waals surface area contributed by atoms with Crippen molar-refractivity contribution in [2.24, 2.45) is 0 Å². The van der Waals surface area contributed by atoms with E-state index in [2.05, 4.69) is 46.8 Å². The Balaban J connectivity index is 2.04. The molecule has 0 bridgehead atoms. The van der Waals surface area contributed by atoms with Gasteiger partial charge in [-0.05, 0) is 38.4 Å². The van der Waals surface area contributed by atoms with Gasteiger partial charge >= 0.3 is 0 Å². The summed E-state index contributed by atoms with van der Waals surface area (Å²) in [4.78, 5) is 9.28. The van der Waals surface area contributed by atoms with E-state index in [0.717, 1.165) is 48.5 Å². The Hall–Kier alpha value is -0.970. The lowest BCUT2D eigenvalue weighted by Crippen LogP contribution is -2.18. The molecular formula is C16H28N4S. The van der Waals surface area contributed by atoms with Crippen molar-refractivity contribution in [3.8, 4) is 0 Å². The summed E-state index contributed by atoms with van der Waals surface area (Å²) in [5.41, 5.74) is 0. The van der Waals surface area contributed by atoms with Gasteiger partial charge in [-0.25, -0.2) is 9.97 Å².